The van der Waals surface area contributed by atoms with E-state index in [2.05, 4.69) is 20.3 Å². The number of carbonyl (C=O) groups excluding carboxylic acids is 1. The Bertz CT molecular complexity index is 564. The van der Waals surface area contributed by atoms with Crippen LogP contribution in [0.3, 0.4) is 0 Å². The maximum absolute atomic E-state index is 11.2. The molecule has 15 heavy (non-hydrogen) atoms. The van der Waals surface area contributed by atoms with Crippen molar-refractivity contribution in [2.45, 2.75) is 0 Å². The van der Waals surface area contributed by atoms with Crippen LogP contribution in [0.4, 0.5) is 0 Å². The molecular weight excluding hydrogens is 216 g/mol. The second-order valence-electron chi connectivity index (χ2n) is 2.91. The Hall–Kier alpha value is -1.96. The fourth-order valence-corrected chi connectivity index (χ4v) is 1.44. The Labute approximate surface area is 89.3 Å². The molecule has 0 radical (unpaired) electrons. The largest absolute Gasteiger partial charge is 0.364 e. The van der Waals surface area contributed by atoms with E-state index in [0.29, 0.717) is 16.2 Å². The number of primary amides is 1. The van der Waals surface area contributed by atoms with Crippen molar-refractivity contribution in [1.29, 1.82) is 0 Å². The van der Waals surface area contributed by atoms with Crippen LogP contribution in [0.1, 0.15) is 10.5 Å². The molecule has 2 heterocycles. The van der Waals surface area contributed by atoms with Gasteiger partial charge in [0.2, 0.25) is 4.77 Å². The van der Waals surface area contributed by atoms with E-state index in [-0.39, 0.29) is 5.69 Å². The van der Waals surface area contributed by atoms with E-state index in [1.54, 1.807) is 7.05 Å². The van der Waals surface area contributed by atoms with Crippen molar-refractivity contribution < 1.29 is 4.79 Å². The van der Waals surface area contributed by atoms with Crippen LogP contribution < -0.4 is 5.73 Å². The van der Waals surface area contributed by atoms with Gasteiger partial charge in [0.15, 0.2) is 5.82 Å². The number of nitrogens with one attached hydrogen (secondary N) is 2. The Kier molecular flexibility index (Phi) is 2.12. The molecule has 0 bridgehead atoms. The van der Waals surface area contributed by atoms with Crippen molar-refractivity contribution in [3.05, 3.63) is 16.7 Å². The van der Waals surface area contributed by atoms with Crippen LogP contribution in [-0.2, 0) is 7.05 Å². The molecule has 1 amide bonds. The molecule has 0 unspecified atom stereocenters. The Morgan fingerprint density at radius 1 is 1.60 bits per heavy atom. The topological polar surface area (TPSA) is 105 Å². The molecule has 0 atom stereocenters. The third-order valence-corrected chi connectivity index (χ3v) is 2.12. The maximum atomic E-state index is 11.2. The van der Waals surface area contributed by atoms with Gasteiger partial charge in [-0.1, -0.05) is 0 Å². The molecular formula is C7H8N6OS. The Balaban J connectivity index is 2.63. The molecule has 2 aromatic heterocycles. The van der Waals surface area contributed by atoms with Crippen molar-refractivity contribution >= 4 is 18.1 Å². The normalized spacial score (nSPS) is 10.5. The first-order valence-electron chi connectivity index (χ1n) is 4.06. The minimum Gasteiger partial charge on any atom is -0.364 e. The van der Waals surface area contributed by atoms with E-state index in [9.17, 15) is 4.79 Å². The van der Waals surface area contributed by atoms with Gasteiger partial charge in [-0.25, -0.2) is 0 Å². The predicted molar refractivity (Wildman–Crippen MR) is 54.5 cm³/mol. The third-order valence-electron chi connectivity index (χ3n) is 1.93. The number of H-pyrrole nitrogens is 2. The third kappa shape index (κ3) is 1.54. The van der Waals surface area contributed by atoms with E-state index >= 15 is 0 Å². The predicted octanol–water partition coefficient (Wildman–Crippen LogP) is -0.0333. The number of hydrogen-bond donors (Lipinski definition) is 3. The molecule has 7 nitrogen and oxygen atoms in total. The summed E-state index contributed by atoms with van der Waals surface area (Å²) < 4.78 is 1.70. The number of aromatic nitrogens is 5. The highest BCUT2D eigenvalue weighted by atomic mass is 32.1. The number of hydrogen-bond acceptors (Lipinski definition) is 4. The van der Waals surface area contributed by atoms with E-state index < -0.39 is 5.91 Å². The van der Waals surface area contributed by atoms with Crippen LogP contribution in [0.5, 0.6) is 0 Å². The van der Waals surface area contributed by atoms with Crippen LogP contribution in [-0.4, -0.2) is 30.9 Å². The summed E-state index contributed by atoms with van der Waals surface area (Å²) in [6.07, 6.45) is 1.50. The zero-order valence-electron chi connectivity index (χ0n) is 7.81. The first-order valence-corrected chi connectivity index (χ1v) is 4.47. The van der Waals surface area contributed by atoms with Gasteiger partial charge in [-0.2, -0.15) is 10.1 Å². The molecule has 0 spiro atoms. The molecule has 2 aromatic rings. The second kappa shape index (κ2) is 3.31. The summed E-state index contributed by atoms with van der Waals surface area (Å²) in [5.74, 6) is -0.116. The quantitative estimate of drug-likeness (QED) is 0.622. The summed E-state index contributed by atoms with van der Waals surface area (Å²) in [6.45, 7) is 0. The molecule has 2 rings (SSSR count). The van der Waals surface area contributed by atoms with Gasteiger partial charge in [0.25, 0.3) is 5.91 Å². The molecule has 8 heteroatoms. The van der Waals surface area contributed by atoms with Gasteiger partial charge in [0.05, 0.1) is 11.8 Å². The monoisotopic (exact) mass is 224 g/mol. The lowest BCUT2D eigenvalue weighted by Crippen LogP contribution is -2.16. The summed E-state index contributed by atoms with van der Waals surface area (Å²) in [6, 6.07) is 0. The van der Waals surface area contributed by atoms with Gasteiger partial charge in [-0.15, -0.1) is 0 Å². The van der Waals surface area contributed by atoms with Crippen LogP contribution in [0.2, 0.25) is 0 Å². The molecule has 0 aliphatic carbocycles. The number of nitrogens with two attached hydrogens (primary N) is 1. The highest BCUT2D eigenvalue weighted by molar-refractivity contribution is 7.71. The van der Waals surface area contributed by atoms with Crippen LogP contribution in [0.15, 0.2) is 6.20 Å². The summed E-state index contributed by atoms with van der Waals surface area (Å²) in [5.41, 5.74) is 6.04. The molecule has 0 aliphatic heterocycles. The molecule has 0 saturated carbocycles. The fourth-order valence-electron chi connectivity index (χ4n) is 1.30. The minimum atomic E-state index is -0.563. The van der Waals surface area contributed by atoms with Crippen LogP contribution in [0.25, 0.3) is 11.4 Å². The summed E-state index contributed by atoms with van der Waals surface area (Å²) in [4.78, 5) is 15.1. The smallest absolute Gasteiger partial charge is 0.267 e. The van der Waals surface area contributed by atoms with E-state index in [0.717, 1.165) is 0 Å². The van der Waals surface area contributed by atoms with Crippen molar-refractivity contribution in [2.75, 3.05) is 0 Å². The van der Waals surface area contributed by atoms with E-state index in [4.69, 9.17) is 18.0 Å². The van der Waals surface area contributed by atoms with Crippen molar-refractivity contribution in [3.8, 4) is 11.4 Å². The second-order valence-corrected chi connectivity index (χ2v) is 3.30. The Morgan fingerprint density at radius 3 is 2.87 bits per heavy atom. The number of amides is 1. The van der Waals surface area contributed by atoms with Crippen molar-refractivity contribution in [1.82, 2.24) is 25.0 Å². The average molecular weight is 224 g/mol. The van der Waals surface area contributed by atoms with Gasteiger partial charge < -0.3 is 5.73 Å². The minimum absolute atomic E-state index is 0.285. The average Bonchev–Trinajstić information content (AvgIpc) is 2.71. The fraction of sp³-hybridized carbons (Fsp3) is 0.143. The lowest BCUT2D eigenvalue weighted by molar-refractivity contribution is 0.0992. The van der Waals surface area contributed by atoms with Gasteiger partial charge in [0, 0.05) is 7.05 Å². The van der Waals surface area contributed by atoms with Gasteiger partial charge in [-0.05, 0) is 12.2 Å². The lowest BCUT2D eigenvalue weighted by Gasteiger charge is -1.98. The van der Waals surface area contributed by atoms with Crippen LogP contribution >= 0.6 is 12.2 Å². The van der Waals surface area contributed by atoms with Gasteiger partial charge >= 0.3 is 0 Å². The zero-order chi connectivity index (χ0) is 11.0. The first-order chi connectivity index (χ1) is 7.09. The molecule has 4 N–H and O–H groups in total. The SMILES string of the molecule is Cn1ncc(-c2nc(=S)[nH][nH]2)c1C(N)=O. The number of aryl methyl sites for hydroxylation is 1. The maximum Gasteiger partial charge on any atom is 0.267 e. The number of nitrogens with zero attached hydrogens (tertiary/aromatic N) is 3. The number of rotatable bonds is 2. The highest BCUT2D eigenvalue weighted by Gasteiger charge is 2.17. The number of carbonyl (C=O) groups is 1. The summed E-state index contributed by atoms with van der Waals surface area (Å²) in [5, 5.41) is 9.29. The molecule has 78 valence electrons. The van der Waals surface area contributed by atoms with Gasteiger partial charge in [0.1, 0.15) is 5.69 Å². The molecule has 0 aromatic carbocycles. The van der Waals surface area contributed by atoms with E-state index in [1.165, 1.54) is 10.9 Å². The van der Waals surface area contributed by atoms with Crippen LogP contribution in [0, 0.1) is 4.77 Å². The first kappa shape index (κ1) is 9.59. The summed E-state index contributed by atoms with van der Waals surface area (Å²) in [7, 11) is 1.63. The molecule has 0 saturated heterocycles. The zero-order valence-corrected chi connectivity index (χ0v) is 8.63. The Morgan fingerprint density at radius 2 is 2.33 bits per heavy atom. The standard InChI is InChI=1S/C7H8N6OS/c1-13-4(5(8)14)3(2-9-13)6-10-7(15)12-11-6/h2H,1H3,(H2,8,14)(H2,10,11,12,15). The highest BCUT2D eigenvalue weighted by Crippen LogP contribution is 2.17. The van der Waals surface area contributed by atoms with Crippen molar-refractivity contribution in [2.24, 2.45) is 12.8 Å². The van der Waals surface area contributed by atoms with Crippen molar-refractivity contribution in [3.63, 3.8) is 0 Å². The lowest BCUT2D eigenvalue weighted by atomic mass is 10.2. The van der Waals surface area contributed by atoms with Gasteiger partial charge in [-0.3, -0.25) is 19.7 Å². The number of aromatic amines is 2. The molecule has 0 aliphatic rings. The molecule has 0 fully saturated rings. The summed E-state index contributed by atoms with van der Waals surface area (Å²) >= 11 is 4.81. The van der Waals surface area contributed by atoms with E-state index in [1.807, 2.05) is 0 Å².